The number of amides is 1. The van der Waals surface area contributed by atoms with E-state index >= 15 is 0 Å². The summed E-state index contributed by atoms with van der Waals surface area (Å²) in [7, 11) is 1.64. The van der Waals surface area contributed by atoms with Gasteiger partial charge in [0.25, 0.3) is 5.91 Å². The Morgan fingerprint density at radius 2 is 1.93 bits per heavy atom. The molecular weight excluding hydrogens is 338 g/mol. The number of carbonyl (C=O) groups is 1. The van der Waals surface area contributed by atoms with E-state index in [-0.39, 0.29) is 11.9 Å². The van der Waals surface area contributed by atoms with Gasteiger partial charge in [-0.25, -0.2) is 0 Å². The average molecular weight is 363 g/mol. The van der Waals surface area contributed by atoms with Crippen molar-refractivity contribution in [2.24, 2.45) is 0 Å². The van der Waals surface area contributed by atoms with Gasteiger partial charge >= 0.3 is 0 Å². The van der Waals surface area contributed by atoms with E-state index in [1.54, 1.807) is 7.11 Å². The molecule has 5 heteroatoms. The third-order valence-electron chi connectivity index (χ3n) is 5.24. The van der Waals surface area contributed by atoms with Crippen LogP contribution in [0.2, 0.25) is 0 Å². The van der Waals surface area contributed by atoms with Gasteiger partial charge in [-0.2, -0.15) is 0 Å². The predicted octanol–water partition coefficient (Wildman–Crippen LogP) is 3.57. The third kappa shape index (κ3) is 4.14. The smallest absolute Gasteiger partial charge is 0.267 e. The molecule has 0 bridgehead atoms. The van der Waals surface area contributed by atoms with Gasteiger partial charge in [-0.05, 0) is 42.7 Å². The lowest BCUT2D eigenvalue weighted by molar-refractivity contribution is 0.0904. The molecule has 4 rings (SSSR count). The van der Waals surface area contributed by atoms with Crippen LogP contribution in [0, 0.1) is 0 Å². The van der Waals surface area contributed by atoms with Gasteiger partial charge in [-0.3, -0.25) is 9.69 Å². The highest BCUT2D eigenvalue weighted by Gasteiger charge is 2.22. The van der Waals surface area contributed by atoms with Crippen LogP contribution >= 0.6 is 0 Å². The van der Waals surface area contributed by atoms with Gasteiger partial charge in [0, 0.05) is 36.6 Å². The van der Waals surface area contributed by atoms with Crippen molar-refractivity contribution in [3.63, 3.8) is 0 Å². The summed E-state index contributed by atoms with van der Waals surface area (Å²) in [4.78, 5) is 18.3. The maximum atomic E-state index is 12.6. The first-order valence-corrected chi connectivity index (χ1v) is 9.45. The van der Waals surface area contributed by atoms with E-state index in [1.807, 2.05) is 30.3 Å². The summed E-state index contributed by atoms with van der Waals surface area (Å²) in [6, 6.07) is 18.4. The van der Waals surface area contributed by atoms with Crippen LogP contribution in [-0.2, 0) is 6.54 Å². The highest BCUT2D eigenvalue weighted by Crippen LogP contribution is 2.22. The number of likely N-dealkylation sites (tertiary alicyclic amines) is 1. The number of nitrogens with one attached hydrogen (secondary N) is 2. The van der Waals surface area contributed by atoms with Gasteiger partial charge in [-0.1, -0.05) is 30.3 Å². The highest BCUT2D eigenvalue weighted by molar-refractivity contribution is 5.98. The van der Waals surface area contributed by atoms with Crippen molar-refractivity contribution in [1.29, 1.82) is 0 Å². The van der Waals surface area contributed by atoms with Crippen LogP contribution in [0.3, 0.4) is 0 Å². The molecular formula is C22H25N3O2. The zero-order valence-corrected chi connectivity index (χ0v) is 15.6. The van der Waals surface area contributed by atoms with Crippen LogP contribution in [0.15, 0.2) is 54.6 Å². The molecule has 0 aliphatic carbocycles. The Labute approximate surface area is 159 Å². The summed E-state index contributed by atoms with van der Waals surface area (Å²) in [5.41, 5.74) is 2.89. The maximum Gasteiger partial charge on any atom is 0.267 e. The number of aromatic amines is 1. The first kappa shape index (κ1) is 17.6. The Kier molecular flexibility index (Phi) is 5.12. The van der Waals surface area contributed by atoms with Gasteiger partial charge in [0.1, 0.15) is 11.4 Å². The molecule has 3 aromatic rings. The lowest BCUT2D eigenvalue weighted by atomic mass is 10.0. The number of hydrogen-bond acceptors (Lipinski definition) is 3. The SMILES string of the molecule is COc1ccc2[nH]c(C(=O)NC3CCN(Cc4ccccc4)CC3)cc2c1. The molecule has 1 aliphatic heterocycles. The van der Waals surface area contributed by atoms with E-state index in [0.29, 0.717) is 5.69 Å². The topological polar surface area (TPSA) is 57.4 Å². The predicted molar refractivity (Wildman–Crippen MR) is 107 cm³/mol. The number of ether oxygens (including phenoxy) is 1. The second kappa shape index (κ2) is 7.84. The third-order valence-corrected chi connectivity index (χ3v) is 5.24. The molecule has 1 amide bonds. The van der Waals surface area contributed by atoms with E-state index in [9.17, 15) is 4.79 Å². The molecule has 0 spiro atoms. The number of H-pyrrole nitrogens is 1. The van der Waals surface area contributed by atoms with Crippen molar-refractivity contribution in [1.82, 2.24) is 15.2 Å². The number of fused-ring (bicyclic) bond motifs is 1. The molecule has 1 aliphatic rings. The van der Waals surface area contributed by atoms with E-state index in [4.69, 9.17) is 4.74 Å². The van der Waals surface area contributed by atoms with Gasteiger partial charge in [-0.15, -0.1) is 0 Å². The van der Waals surface area contributed by atoms with Gasteiger partial charge < -0.3 is 15.0 Å². The van der Waals surface area contributed by atoms with Gasteiger partial charge in [0.05, 0.1) is 7.11 Å². The fourth-order valence-corrected chi connectivity index (χ4v) is 3.70. The van der Waals surface area contributed by atoms with Crippen LogP contribution in [0.25, 0.3) is 10.9 Å². The molecule has 2 aromatic carbocycles. The minimum atomic E-state index is -0.0355. The zero-order chi connectivity index (χ0) is 18.6. The summed E-state index contributed by atoms with van der Waals surface area (Å²) in [6.07, 6.45) is 1.96. The van der Waals surface area contributed by atoms with Gasteiger partial charge in [0.15, 0.2) is 0 Å². The number of rotatable bonds is 5. The van der Waals surface area contributed by atoms with Crippen molar-refractivity contribution >= 4 is 16.8 Å². The van der Waals surface area contributed by atoms with E-state index in [2.05, 4.69) is 39.5 Å². The fourth-order valence-electron chi connectivity index (χ4n) is 3.70. The maximum absolute atomic E-state index is 12.6. The van der Waals surface area contributed by atoms with Crippen molar-refractivity contribution in [2.75, 3.05) is 20.2 Å². The monoisotopic (exact) mass is 363 g/mol. The number of methoxy groups -OCH3 is 1. The summed E-state index contributed by atoms with van der Waals surface area (Å²) in [5.74, 6) is 0.755. The summed E-state index contributed by atoms with van der Waals surface area (Å²) >= 11 is 0. The normalized spacial score (nSPS) is 15.7. The van der Waals surface area contributed by atoms with E-state index < -0.39 is 0 Å². The lowest BCUT2D eigenvalue weighted by Crippen LogP contribution is -2.44. The number of hydrogen-bond donors (Lipinski definition) is 2. The Bertz CT molecular complexity index is 912. The first-order chi connectivity index (χ1) is 13.2. The Balaban J connectivity index is 1.33. The van der Waals surface area contributed by atoms with Crippen LogP contribution in [0.5, 0.6) is 5.75 Å². The molecule has 5 nitrogen and oxygen atoms in total. The van der Waals surface area contributed by atoms with Crippen LogP contribution in [0.1, 0.15) is 28.9 Å². The molecule has 140 valence electrons. The molecule has 0 radical (unpaired) electrons. The van der Waals surface area contributed by atoms with Crippen LogP contribution in [0.4, 0.5) is 0 Å². The molecule has 0 saturated carbocycles. The minimum absolute atomic E-state index is 0.0355. The first-order valence-electron chi connectivity index (χ1n) is 9.45. The van der Waals surface area contributed by atoms with E-state index in [0.717, 1.165) is 49.1 Å². The Morgan fingerprint density at radius 3 is 2.67 bits per heavy atom. The van der Waals surface area contributed by atoms with Crippen molar-refractivity contribution in [3.8, 4) is 5.75 Å². The quantitative estimate of drug-likeness (QED) is 0.729. The van der Waals surface area contributed by atoms with Crippen molar-refractivity contribution in [3.05, 3.63) is 65.9 Å². The fraction of sp³-hybridized carbons (Fsp3) is 0.318. The number of nitrogens with zero attached hydrogens (tertiary/aromatic N) is 1. The number of carbonyl (C=O) groups excluding carboxylic acids is 1. The van der Waals surface area contributed by atoms with Gasteiger partial charge in [0.2, 0.25) is 0 Å². The highest BCUT2D eigenvalue weighted by atomic mass is 16.5. The largest absolute Gasteiger partial charge is 0.497 e. The Hall–Kier alpha value is -2.79. The molecule has 0 unspecified atom stereocenters. The molecule has 1 saturated heterocycles. The number of benzene rings is 2. The lowest BCUT2D eigenvalue weighted by Gasteiger charge is -2.32. The molecule has 2 N–H and O–H groups in total. The summed E-state index contributed by atoms with van der Waals surface area (Å²) < 4.78 is 5.25. The molecule has 2 heterocycles. The standard InChI is InChI=1S/C22H25N3O2/c1-27-19-7-8-20-17(13-19)14-21(24-20)22(26)23-18-9-11-25(12-10-18)15-16-5-3-2-4-6-16/h2-8,13-14,18,24H,9-12,15H2,1H3,(H,23,26). The number of aromatic nitrogens is 1. The van der Waals surface area contributed by atoms with Crippen LogP contribution in [-0.4, -0.2) is 42.0 Å². The summed E-state index contributed by atoms with van der Waals surface area (Å²) in [5, 5.41) is 4.16. The molecule has 1 fully saturated rings. The van der Waals surface area contributed by atoms with Crippen LogP contribution < -0.4 is 10.1 Å². The average Bonchev–Trinajstić information content (AvgIpc) is 3.13. The van der Waals surface area contributed by atoms with Crippen molar-refractivity contribution < 1.29 is 9.53 Å². The summed E-state index contributed by atoms with van der Waals surface area (Å²) in [6.45, 7) is 2.98. The number of piperidine rings is 1. The van der Waals surface area contributed by atoms with Crippen molar-refractivity contribution in [2.45, 2.75) is 25.4 Å². The molecule has 27 heavy (non-hydrogen) atoms. The Morgan fingerprint density at radius 1 is 1.15 bits per heavy atom. The minimum Gasteiger partial charge on any atom is -0.497 e. The van der Waals surface area contributed by atoms with E-state index in [1.165, 1.54) is 5.56 Å². The zero-order valence-electron chi connectivity index (χ0n) is 15.6. The second-order valence-corrected chi connectivity index (χ2v) is 7.15. The molecule has 1 aromatic heterocycles. The molecule has 0 atom stereocenters. The second-order valence-electron chi connectivity index (χ2n) is 7.15.